The third-order valence-corrected chi connectivity index (χ3v) is 6.00. The van der Waals surface area contributed by atoms with Crippen molar-refractivity contribution in [2.45, 2.75) is 38.6 Å². The number of anilines is 1. The van der Waals surface area contributed by atoms with Crippen molar-refractivity contribution >= 4 is 29.3 Å². The third-order valence-electron chi connectivity index (χ3n) is 4.95. The lowest BCUT2D eigenvalue weighted by atomic mass is 10.0. The first-order valence-corrected chi connectivity index (χ1v) is 11.0. The molecular formula is C23H28N2O3S. The van der Waals surface area contributed by atoms with E-state index in [2.05, 4.69) is 37.4 Å². The minimum atomic E-state index is -0.126. The van der Waals surface area contributed by atoms with Crippen LogP contribution in [0.1, 0.15) is 40.4 Å². The summed E-state index contributed by atoms with van der Waals surface area (Å²) in [6.07, 6.45) is 0.775. The van der Waals surface area contributed by atoms with Gasteiger partial charge in [-0.3, -0.25) is 9.59 Å². The lowest BCUT2D eigenvalue weighted by molar-refractivity contribution is -0.116. The summed E-state index contributed by atoms with van der Waals surface area (Å²) in [5.41, 5.74) is 4.84. The van der Waals surface area contributed by atoms with Gasteiger partial charge in [0.15, 0.2) is 0 Å². The van der Waals surface area contributed by atoms with E-state index in [4.69, 9.17) is 4.74 Å². The van der Waals surface area contributed by atoms with Gasteiger partial charge in [-0.25, -0.2) is 0 Å². The summed E-state index contributed by atoms with van der Waals surface area (Å²) < 4.78 is 5.30. The van der Waals surface area contributed by atoms with Gasteiger partial charge in [-0.15, -0.1) is 11.8 Å². The fraction of sp³-hybridized carbons (Fsp3) is 0.391. The summed E-state index contributed by atoms with van der Waals surface area (Å²) in [6.45, 7) is 8.46. The van der Waals surface area contributed by atoms with Gasteiger partial charge in [-0.1, -0.05) is 23.8 Å². The smallest absolute Gasteiger partial charge is 0.251 e. The van der Waals surface area contributed by atoms with E-state index in [1.165, 1.54) is 17.3 Å². The minimum absolute atomic E-state index is 0.0673. The number of amides is 2. The minimum Gasteiger partial charge on any atom is -0.382 e. The maximum absolute atomic E-state index is 12.7. The molecule has 0 unspecified atom stereocenters. The quantitative estimate of drug-likeness (QED) is 0.663. The lowest BCUT2D eigenvalue weighted by Crippen LogP contribution is -2.35. The number of benzene rings is 2. The molecule has 0 saturated carbocycles. The first kappa shape index (κ1) is 21.4. The van der Waals surface area contributed by atoms with Gasteiger partial charge in [0.2, 0.25) is 5.91 Å². The van der Waals surface area contributed by atoms with Crippen LogP contribution < -0.4 is 10.2 Å². The number of hydrogen-bond donors (Lipinski definition) is 1. The molecule has 1 N–H and O–H groups in total. The van der Waals surface area contributed by atoms with Gasteiger partial charge >= 0.3 is 0 Å². The Labute approximate surface area is 176 Å². The average molecular weight is 413 g/mol. The highest BCUT2D eigenvalue weighted by Crippen LogP contribution is 2.37. The van der Waals surface area contributed by atoms with Crippen LogP contribution in [0.4, 0.5) is 5.69 Å². The Hall–Kier alpha value is -2.31. The molecule has 5 nitrogen and oxygen atoms in total. The highest BCUT2D eigenvalue weighted by molar-refractivity contribution is 8.00. The molecule has 0 bridgehead atoms. The number of nitrogens with one attached hydrogen (secondary N) is 1. The first-order valence-electron chi connectivity index (χ1n) is 9.99. The predicted molar refractivity (Wildman–Crippen MR) is 118 cm³/mol. The summed E-state index contributed by atoms with van der Waals surface area (Å²) in [6, 6.07) is 11.9. The molecule has 1 aliphatic heterocycles. The van der Waals surface area contributed by atoms with Crippen molar-refractivity contribution in [3.05, 3.63) is 58.7 Å². The fourth-order valence-electron chi connectivity index (χ4n) is 3.28. The Kier molecular flexibility index (Phi) is 7.34. The molecule has 2 aromatic carbocycles. The molecular weight excluding hydrogens is 384 g/mol. The second-order valence-corrected chi connectivity index (χ2v) is 8.20. The van der Waals surface area contributed by atoms with E-state index in [1.807, 2.05) is 25.1 Å². The number of ether oxygens (including phenoxy) is 1. The van der Waals surface area contributed by atoms with E-state index < -0.39 is 0 Å². The number of nitrogens with zero attached hydrogens (tertiary/aromatic N) is 1. The Morgan fingerprint density at radius 1 is 1.21 bits per heavy atom. The van der Waals surface area contributed by atoms with Crippen LogP contribution in [-0.4, -0.2) is 37.3 Å². The standard InChI is InChI=1S/C23H28N2O3S/c1-4-28-11-5-10-24-23(27)18-8-9-21-20(13-18)25(22(26)15-29-21)14-19-12-16(2)6-7-17(19)3/h6-9,12-13H,4-5,10-11,14-15H2,1-3H3,(H,24,27). The normalized spacial score (nSPS) is 13.3. The molecule has 154 valence electrons. The molecule has 1 heterocycles. The number of carbonyl (C=O) groups excluding carboxylic acids is 2. The maximum atomic E-state index is 12.7. The topological polar surface area (TPSA) is 58.6 Å². The van der Waals surface area contributed by atoms with Gasteiger partial charge in [0.25, 0.3) is 5.91 Å². The molecule has 0 aliphatic carbocycles. The van der Waals surface area contributed by atoms with Gasteiger partial charge in [0, 0.05) is 30.2 Å². The molecule has 0 aromatic heterocycles. The summed E-state index contributed by atoms with van der Waals surface area (Å²) >= 11 is 1.53. The second-order valence-electron chi connectivity index (χ2n) is 7.19. The monoisotopic (exact) mass is 412 g/mol. The first-order chi connectivity index (χ1) is 14.0. The second kappa shape index (κ2) is 9.94. The van der Waals surface area contributed by atoms with Crippen molar-refractivity contribution in [2.24, 2.45) is 0 Å². The molecule has 0 spiro atoms. The Balaban J connectivity index is 1.78. The van der Waals surface area contributed by atoms with Gasteiger partial charge in [-0.05, 0) is 56.5 Å². The van der Waals surface area contributed by atoms with Crippen LogP contribution in [0, 0.1) is 13.8 Å². The van der Waals surface area contributed by atoms with Gasteiger partial charge in [0.1, 0.15) is 0 Å². The molecule has 0 radical (unpaired) electrons. The third kappa shape index (κ3) is 5.40. The van der Waals surface area contributed by atoms with Crippen LogP contribution in [0.5, 0.6) is 0 Å². The molecule has 0 fully saturated rings. The summed E-state index contributed by atoms with van der Waals surface area (Å²) in [5.74, 6) is 0.359. The van der Waals surface area contributed by atoms with Crippen LogP contribution in [0.25, 0.3) is 0 Å². The molecule has 3 rings (SSSR count). The Bertz CT molecular complexity index is 898. The molecule has 2 aromatic rings. The Morgan fingerprint density at radius 3 is 2.83 bits per heavy atom. The summed E-state index contributed by atoms with van der Waals surface area (Å²) in [5, 5.41) is 2.93. The number of carbonyl (C=O) groups is 2. The largest absolute Gasteiger partial charge is 0.382 e. The van der Waals surface area contributed by atoms with Gasteiger partial charge in [0.05, 0.1) is 18.0 Å². The molecule has 29 heavy (non-hydrogen) atoms. The van der Waals surface area contributed by atoms with Crippen molar-refractivity contribution in [3.63, 3.8) is 0 Å². The SMILES string of the molecule is CCOCCCNC(=O)c1ccc2c(c1)N(Cc1cc(C)ccc1C)C(=O)CS2. The van der Waals surface area contributed by atoms with E-state index in [9.17, 15) is 9.59 Å². The fourth-order valence-corrected chi connectivity index (χ4v) is 4.20. The van der Waals surface area contributed by atoms with E-state index in [0.29, 0.717) is 37.6 Å². The summed E-state index contributed by atoms with van der Waals surface area (Å²) in [4.78, 5) is 28.1. The van der Waals surface area contributed by atoms with Crippen LogP contribution >= 0.6 is 11.8 Å². The van der Waals surface area contributed by atoms with E-state index in [0.717, 1.165) is 28.1 Å². The zero-order valence-corrected chi connectivity index (χ0v) is 18.1. The Morgan fingerprint density at radius 2 is 2.03 bits per heavy atom. The number of fused-ring (bicyclic) bond motifs is 1. The molecule has 0 atom stereocenters. The maximum Gasteiger partial charge on any atom is 0.251 e. The lowest BCUT2D eigenvalue weighted by Gasteiger charge is -2.30. The van der Waals surface area contributed by atoms with Crippen LogP contribution in [-0.2, 0) is 16.1 Å². The van der Waals surface area contributed by atoms with E-state index in [1.54, 1.807) is 4.90 Å². The van der Waals surface area contributed by atoms with Crippen LogP contribution in [0.3, 0.4) is 0 Å². The predicted octanol–water partition coefficient (Wildman–Crippen LogP) is 4.10. The van der Waals surface area contributed by atoms with Crippen molar-refractivity contribution in [1.82, 2.24) is 5.32 Å². The highest BCUT2D eigenvalue weighted by atomic mass is 32.2. The van der Waals surface area contributed by atoms with E-state index in [-0.39, 0.29) is 11.8 Å². The van der Waals surface area contributed by atoms with Crippen LogP contribution in [0.2, 0.25) is 0 Å². The average Bonchev–Trinajstić information content (AvgIpc) is 2.72. The van der Waals surface area contributed by atoms with Crippen molar-refractivity contribution in [3.8, 4) is 0 Å². The van der Waals surface area contributed by atoms with Crippen molar-refractivity contribution in [1.29, 1.82) is 0 Å². The zero-order valence-electron chi connectivity index (χ0n) is 17.3. The highest BCUT2D eigenvalue weighted by Gasteiger charge is 2.26. The molecule has 1 aliphatic rings. The van der Waals surface area contributed by atoms with Gasteiger partial charge < -0.3 is 15.0 Å². The summed E-state index contributed by atoms with van der Waals surface area (Å²) in [7, 11) is 0. The van der Waals surface area contributed by atoms with Crippen LogP contribution in [0.15, 0.2) is 41.3 Å². The number of aryl methyl sites for hydroxylation is 2. The molecule has 6 heteroatoms. The number of hydrogen-bond acceptors (Lipinski definition) is 4. The van der Waals surface area contributed by atoms with E-state index >= 15 is 0 Å². The number of thioether (sulfide) groups is 1. The van der Waals surface area contributed by atoms with Gasteiger partial charge in [-0.2, -0.15) is 0 Å². The van der Waals surface area contributed by atoms with Crippen molar-refractivity contribution in [2.75, 3.05) is 30.4 Å². The number of rotatable bonds is 8. The molecule has 2 amide bonds. The molecule has 0 saturated heterocycles. The zero-order chi connectivity index (χ0) is 20.8. The van der Waals surface area contributed by atoms with Crippen molar-refractivity contribution < 1.29 is 14.3 Å².